The van der Waals surface area contributed by atoms with E-state index in [4.69, 9.17) is 0 Å². The van der Waals surface area contributed by atoms with E-state index in [1.807, 2.05) is 0 Å². The minimum absolute atomic E-state index is 0.581. The van der Waals surface area contributed by atoms with Crippen molar-refractivity contribution >= 4 is 0 Å². The maximum atomic E-state index is 9.72. The largest absolute Gasteiger partial charge is 0.512 e. The molecule has 0 spiro atoms. The van der Waals surface area contributed by atoms with Crippen molar-refractivity contribution in [3.63, 3.8) is 0 Å². The lowest BCUT2D eigenvalue weighted by molar-refractivity contribution is 0.308. The van der Waals surface area contributed by atoms with Gasteiger partial charge in [0.2, 0.25) is 0 Å². The van der Waals surface area contributed by atoms with Crippen molar-refractivity contribution < 1.29 is 5.11 Å². The van der Waals surface area contributed by atoms with Gasteiger partial charge in [0.1, 0.15) is 0 Å². The Balaban J connectivity index is 2.68. The predicted octanol–water partition coefficient (Wildman–Crippen LogP) is 3.66. The SMILES string of the molecule is CCC(C)C1=C(O)CC(C)CC1. The Morgan fingerprint density at radius 3 is 2.75 bits per heavy atom. The maximum Gasteiger partial charge on any atom is 0.0919 e. The van der Waals surface area contributed by atoms with E-state index in [9.17, 15) is 5.11 Å². The van der Waals surface area contributed by atoms with Crippen LogP contribution in [0.15, 0.2) is 11.3 Å². The number of aliphatic hydroxyl groups is 1. The summed E-state index contributed by atoms with van der Waals surface area (Å²) < 4.78 is 0. The monoisotopic (exact) mass is 168 g/mol. The molecule has 0 heterocycles. The van der Waals surface area contributed by atoms with E-state index in [1.54, 1.807) is 0 Å². The van der Waals surface area contributed by atoms with E-state index in [-0.39, 0.29) is 0 Å². The highest BCUT2D eigenvalue weighted by molar-refractivity contribution is 5.14. The molecule has 0 fully saturated rings. The van der Waals surface area contributed by atoms with Crippen LogP contribution in [-0.4, -0.2) is 5.11 Å². The minimum Gasteiger partial charge on any atom is -0.512 e. The highest BCUT2D eigenvalue weighted by Gasteiger charge is 2.20. The molecule has 0 saturated heterocycles. The molecule has 0 aromatic rings. The van der Waals surface area contributed by atoms with E-state index >= 15 is 0 Å². The molecular formula is C11H20O. The van der Waals surface area contributed by atoms with Crippen molar-refractivity contribution in [1.29, 1.82) is 0 Å². The smallest absolute Gasteiger partial charge is 0.0919 e. The van der Waals surface area contributed by atoms with Crippen LogP contribution in [0.3, 0.4) is 0 Å². The number of allylic oxidation sites excluding steroid dienone is 2. The summed E-state index contributed by atoms with van der Waals surface area (Å²) in [6.07, 6.45) is 4.42. The van der Waals surface area contributed by atoms with Gasteiger partial charge in [0, 0.05) is 6.42 Å². The van der Waals surface area contributed by atoms with E-state index in [1.165, 1.54) is 12.0 Å². The lowest BCUT2D eigenvalue weighted by Gasteiger charge is -2.24. The van der Waals surface area contributed by atoms with Crippen molar-refractivity contribution in [1.82, 2.24) is 0 Å². The topological polar surface area (TPSA) is 20.2 Å². The Bertz CT molecular complexity index is 181. The van der Waals surface area contributed by atoms with Gasteiger partial charge in [-0.1, -0.05) is 20.8 Å². The second kappa shape index (κ2) is 3.97. The maximum absolute atomic E-state index is 9.72. The average Bonchev–Trinajstić information content (AvgIpc) is 2.03. The van der Waals surface area contributed by atoms with Crippen molar-refractivity contribution in [2.24, 2.45) is 11.8 Å². The molecule has 0 bridgehead atoms. The summed E-state index contributed by atoms with van der Waals surface area (Å²) in [6, 6.07) is 0. The fourth-order valence-corrected chi connectivity index (χ4v) is 1.89. The molecule has 0 saturated carbocycles. The molecule has 1 aliphatic carbocycles. The molecule has 1 rings (SSSR count). The Kier molecular flexibility index (Phi) is 3.19. The summed E-state index contributed by atoms with van der Waals surface area (Å²) in [6.45, 7) is 6.61. The molecule has 0 radical (unpaired) electrons. The van der Waals surface area contributed by atoms with E-state index in [0.29, 0.717) is 17.6 Å². The highest BCUT2D eigenvalue weighted by atomic mass is 16.3. The molecule has 70 valence electrons. The second-order valence-corrected chi connectivity index (χ2v) is 4.13. The van der Waals surface area contributed by atoms with E-state index in [0.717, 1.165) is 19.3 Å². The first-order chi connectivity index (χ1) is 5.65. The summed E-state index contributed by atoms with van der Waals surface area (Å²) in [5, 5.41) is 9.72. The van der Waals surface area contributed by atoms with Crippen LogP contribution < -0.4 is 0 Å². The Hall–Kier alpha value is -0.460. The molecule has 0 aliphatic heterocycles. The molecule has 1 heteroatoms. The Labute approximate surface area is 75.5 Å². The lowest BCUT2D eigenvalue weighted by atomic mass is 9.83. The van der Waals surface area contributed by atoms with Gasteiger partial charge in [-0.3, -0.25) is 0 Å². The van der Waals surface area contributed by atoms with Gasteiger partial charge in [0.25, 0.3) is 0 Å². The Morgan fingerprint density at radius 1 is 1.58 bits per heavy atom. The predicted molar refractivity (Wildman–Crippen MR) is 52.1 cm³/mol. The zero-order valence-electron chi connectivity index (χ0n) is 8.43. The molecule has 0 amide bonds. The molecular weight excluding hydrogens is 148 g/mol. The lowest BCUT2D eigenvalue weighted by Crippen LogP contribution is -2.12. The van der Waals surface area contributed by atoms with Gasteiger partial charge in [0.05, 0.1) is 5.76 Å². The number of hydrogen-bond acceptors (Lipinski definition) is 1. The van der Waals surface area contributed by atoms with Crippen LogP contribution in [0.2, 0.25) is 0 Å². The van der Waals surface area contributed by atoms with Crippen molar-refractivity contribution in [2.75, 3.05) is 0 Å². The van der Waals surface area contributed by atoms with Crippen molar-refractivity contribution in [3.8, 4) is 0 Å². The van der Waals surface area contributed by atoms with Crippen LogP contribution in [-0.2, 0) is 0 Å². The fraction of sp³-hybridized carbons (Fsp3) is 0.818. The zero-order chi connectivity index (χ0) is 9.14. The summed E-state index contributed by atoms with van der Waals surface area (Å²) in [5.74, 6) is 1.94. The van der Waals surface area contributed by atoms with Crippen LogP contribution in [0.4, 0.5) is 0 Å². The summed E-state index contributed by atoms with van der Waals surface area (Å²) >= 11 is 0. The third-order valence-corrected chi connectivity index (χ3v) is 3.03. The first kappa shape index (κ1) is 9.63. The van der Waals surface area contributed by atoms with Crippen LogP contribution in [0.5, 0.6) is 0 Å². The fourth-order valence-electron chi connectivity index (χ4n) is 1.89. The Morgan fingerprint density at radius 2 is 2.25 bits per heavy atom. The van der Waals surface area contributed by atoms with E-state index < -0.39 is 0 Å². The third kappa shape index (κ3) is 2.02. The number of aliphatic hydroxyl groups excluding tert-OH is 1. The summed E-state index contributed by atoms with van der Waals surface area (Å²) in [5.41, 5.74) is 1.32. The second-order valence-electron chi connectivity index (χ2n) is 4.13. The molecule has 2 atom stereocenters. The van der Waals surface area contributed by atoms with Crippen LogP contribution in [0.25, 0.3) is 0 Å². The van der Waals surface area contributed by atoms with E-state index in [2.05, 4.69) is 20.8 Å². The standard InChI is InChI=1S/C11H20O/c1-4-9(3)10-6-5-8(2)7-11(10)12/h8-9,12H,4-7H2,1-3H3. The third-order valence-electron chi connectivity index (χ3n) is 3.03. The van der Waals surface area contributed by atoms with Gasteiger partial charge < -0.3 is 5.11 Å². The first-order valence-electron chi connectivity index (χ1n) is 5.06. The zero-order valence-corrected chi connectivity index (χ0v) is 8.43. The minimum atomic E-state index is 0.581. The molecule has 12 heavy (non-hydrogen) atoms. The summed E-state index contributed by atoms with van der Waals surface area (Å²) in [4.78, 5) is 0. The van der Waals surface area contributed by atoms with Crippen LogP contribution in [0, 0.1) is 11.8 Å². The van der Waals surface area contributed by atoms with Crippen molar-refractivity contribution in [2.45, 2.75) is 46.5 Å². The molecule has 2 unspecified atom stereocenters. The van der Waals surface area contributed by atoms with Crippen LogP contribution in [0.1, 0.15) is 46.5 Å². The molecule has 1 aliphatic rings. The quantitative estimate of drug-likeness (QED) is 0.667. The normalized spacial score (nSPS) is 27.4. The number of rotatable bonds is 2. The van der Waals surface area contributed by atoms with Crippen molar-refractivity contribution in [3.05, 3.63) is 11.3 Å². The van der Waals surface area contributed by atoms with Gasteiger partial charge in [-0.2, -0.15) is 0 Å². The summed E-state index contributed by atoms with van der Waals surface area (Å²) in [7, 11) is 0. The molecule has 0 aromatic heterocycles. The van der Waals surface area contributed by atoms with Crippen LogP contribution >= 0.6 is 0 Å². The van der Waals surface area contributed by atoms with Gasteiger partial charge in [-0.25, -0.2) is 0 Å². The van der Waals surface area contributed by atoms with Gasteiger partial charge in [0.15, 0.2) is 0 Å². The average molecular weight is 168 g/mol. The first-order valence-corrected chi connectivity index (χ1v) is 5.06. The molecule has 0 aromatic carbocycles. The highest BCUT2D eigenvalue weighted by Crippen LogP contribution is 2.32. The number of hydrogen-bond donors (Lipinski definition) is 1. The van der Waals surface area contributed by atoms with Gasteiger partial charge in [-0.05, 0) is 36.7 Å². The molecule has 1 nitrogen and oxygen atoms in total. The van der Waals surface area contributed by atoms with Gasteiger partial charge >= 0.3 is 0 Å². The molecule has 1 N–H and O–H groups in total. The van der Waals surface area contributed by atoms with Gasteiger partial charge in [-0.15, -0.1) is 0 Å².